The second kappa shape index (κ2) is 14.0. The summed E-state index contributed by atoms with van der Waals surface area (Å²) in [7, 11) is 0. The molecule has 33 heavy (non-hydrogen) atoms. The largest absolute Gasteiger partial charge is 0.474 e. The number of aliphatic hydroxyl groups is 1. The van der Waals surface area contributed by atoms with Gasteiger partial charge in [-0.15, -0.1) is 0 Å². The lowest BCUT2D eigenvalue weighted by molar-refractivity contribution is -0.174. The van der Waals surface area contributed by atoms with Crippen molar-refractivity contribution < 1.29 is 38.9 Å². The van der Waals surface area contributed by atoms with Crippen molar-refractivity contribution in [1.82, 2.24) is 10.4 Å². The van der Waals surface area contributed by atoms with E-state index in [4.69, 9.17) is 16.7 Å². The van der Waals surface area contributed by atoms with Gasteiger partial charge in [0.25, 0.3) is 0 Å². The number of hydrogen-bond acceptors (Lipinski definition) is 8. The number of halogens is 1. The minimum absolute atomic E-state index is 0.0277. The summed E-state index contributed by atoms with van der Waals surface area (Å²) in [5.74, 6) is -4.75. The van der Waals surface area contributed by atoms with E-state index in [0.29, 0.717) is 17.0 Å². The molecule has 0 aliphatic rings. The van der Waals surface area contributed by atoms with Gasteiger partial charge in [0, 0.05) is 18.0 Å². The maximum atomic E-state index is 12.0. The van der Waals surface area contributed by atoms with Crippen molar-refractivity contribution >= 4 is 41.0 Å². The van der Waals surface area contributed by atoms with Crippen LogP contribution in [0.1, 0.15) is 37.8 Å². The second-order valence-corrected chi connectivity index (χ2v) is 7.45. The number of nitrogens with one attached hydrogen (secondary N) is 1. The van der Waals surface area contributed by atoms with Crippen LogP contribution < -0.4 is 5.43 Å². The normalized spacial score (nSPS) is 12.1. The summed E-state index contributed by atoms with van der Waals surface area (Å²) < 4.78 is 9.37. The van der Waals surface area contributed by atoms with E-state index >= 15 is 0 Å². The molecule has 1 aromatic carbocycles. The standard InChI is InChI=1S/C22H27ClN2O8/c1-4-5-19(27)32-13-33-22(31)18(26)12-25(24-20(28)21(29)30)11-16-6-8-17(9-7-16)14(2)10-15(3)23/h6-10,18,26H,3-5,11-13H2,1-2H3,(H,24,28)(H,29,30). The summed E-state index contributed by atoms with van der Waals surface area (Å²) in [4.78, 5) is 45.8. The highest BCUT2D eigenvalue weighted by molar-refractivity contribution is 6.31. The first kappa shape index (κ1) is 27.8. The highest BCUT2D eigenvalue weighted by Gasteiger charge is 2.24. The van der Waals surface area contributed by atoms with Crippen LogP contribution in [0, 0.1) is 0 Å². The fraction of sp³-hybridized carbons (Fsp3) is 0.364. The molecule has 10 nitrogen and oxygen atoms in total. The van der Waals surface area contributed by atoms with Gasteiger partial charge in [-0.3, -0.25) is 15.0 Å². The van der Waals surface area contributed by atoms with Gasteiger partial charge in [0.1, 0.15) is 0 Å². The molecule has 1 unspecified atom stereocenters. The molecule has 0 saturated carbocycles. The van der Waals surface area contributed by atoms with Gasteiger partial charge >= 0.3 is 23.8 Å². The number of amides is 1. The molecule has 0 fully saturated rings. The summed E-state index contributed by atoms with van der Waals surface area (Å²) in [6.07, 6.45) is 0.663. The summed E-state index contributed by atoms with van der Waals surface area (Å²) >= 11 is 5.78. The lowest BCUT2D eigenvalue weighted by atomic mass is 10.0. The number of hydrogen-bond donors (Lipinski definition) is 3. The van der Waals surface area contributed by atoms with Gasteiger partial charge in [0.15, 0.2) is 6.10 Å². The molecule has 0 heterocycles. The Morgan fingerprint density at radius 2 is 1.85 bits per heavy atom. The molecule has 1 amide bonds. The zero-order chi connectivity index (χ0) is 25.0. The molecule has 0 aromatic heterocycles. The fourth-order valence-corrected chi connectivity index (χ4v) is 2.73. The molecular weight excluding hydrogens is 456 g/mol. The lowest BCUT2D eigenvalue weighted by Crippen LogP contribution is -2.49. The van der Waals surface area contributed by atoms with Crippen LogP contribution in [0.15, 0.2) is 42.0 Å². The molecule has 0 aliphatic heterocycles. The van der Waals surface area contributed by atoms with Crippen molar-refractivity contribution in [3.8, 4) is 0 Å². The van der Waals surface area contributed by atoms with E-state index in [0.717, 1.165) is 16.1 Å². The zero-order valence-electron chi connectivity index (χ0n) is 18.4. The third-order valence-electron chi connectivity index (χ3n) is 4.15. The Labute approximate surface area is 196 Å². The molecule has 1 aromatic rings. The third kappa shape index (κ3) is 10.8. The van der Waals surface area contributed by atoms with Crippen molar-refractivity contribution in [2.75, 3.05) is 13.3 Å². The zero-order valence-corrected chi connectivity index (χ0v) is 19.1. The van der Waals surface area contributed by atoms with Gasteiger partial charge in [0.2, 0.25) is 6.79 Å². The first-order valence-electron chi connectivity index (χ1n) is 9.94. The topological polar surface area (TPSA) is 142 Å². The first-order valence-corrected chi connectivity index (χ1v) is 10.3. The fourth-order valence-electron chi connectivity index (χ4n) is 2.56. The van der Waals surface area contributed by atoms with Crippen molar-refractivity contribution in [2.45, 2.75) is 39.3 Å². The Morgan fingerprint density at radius 3 is 2.39 bits per heavy atom. The van der Waals surface area contributed by atoms with Crippen LogP contribution in [-0.4, -0.2) is 58.5 Å². The number of carboxylic acid groups (broad SMARTS) is 1. The van der Waals surface area contributed by atoms with E-state index < -0.39 is 43.3 Å². The summed E-state index contributed by atoms with van der Waals surface area (Å²) in [5.41, 5.74) is 4.49. The number of esters is 2. The smallest absolute Gasteiger partial charge is 0.395 e. The van der Waals surface area contributed by atoms with E-state index in [1.807, 2.05) is 6.92 Å². The first-order chi connectivity index (χ1) is 15.5. The van der Waals surface area contributed by atoms with Crippen LogP contribution >= 0.6 is 11.6 Å². The highest BCUT2D eigenvalue weighted by atomic mass is 35.5. The summed E-state index contributed by atoms with van der Waals surface area (Å²) in [6, 6.07) is 7.02. The van der Waals surface area contributed by atoms with Gasteiger partial charge in [0.05, 0.1) is 6.54 Å². The predicted molar refractivity (Wildman–Crippen MR) is 119 cm³/mol. The molecular formula is C22H27ClN2O8. The van der Waals surface area contributed by atoms with Crippen LogP contribution in [0.2, 0.25) is 0 Å². The van der Waals surface area contributed by atoms with Gasteiger partial charge in [-0.2, -0.15) is 0 Å². The van der Waals surface area contributed by atoms with E-state index in [9.17, 15) is 24.3 Å². The molecule has 1 atom stereocenters. The monoisotopic (exact) mass is 482 g/mol. The van der Waals surface area contributed by atoms with E-state index in [1.165, 1.54) is 0 Å². The summed E-state index contributed by atoms with van der Waals surface area (Å²) in [5, 5.41) is 20.4. The number of benzene rings is 1. The Morgan fingerprint density at radius 1 is 1.21 bits per heavy atom. The molecule has 0 radical (unpaired) electrons. The minimum atomic E-state index is -1.75. The van der Waals surface area contributed by atoms with Gasteiger partial charge in [-0.1, -0.05) is 49.4 Å². The van der Waals surface area contributed by atoms with Crippen molar-refractivity contribution in [2.24, 2.45) is 0 Å². The van der Waals surface area contributed by atoms with Gasteiger partial charge < -0.3 is 19.7 Å². The molecule has 0 saturated heterocycles. The number of aliphatic carboxylic acids is 1. The number of carbonyl (C=O) groups excluding carboxylic acids is 3. The number of rotatable bonds is 12. The van der Waals surface area contributed by atoms with Crippen LogP contribution in [0.3, 0.4) is 0 Å². The number of hydrazine groups is 1. The molecule has 11 heteroatoms. The van der Waals surface area contributed by atoms with Gasteiger partial charge in [-0.25, -0.2) is 14.6 Å². The average molecular weight is 483 g/mol. The number of aliphatic hydroxyl groups excluding tert-OH is 1. The van der Waals surface area contributed by atoms with E-state index in [-0.39, 0.29) is 13.0 Å². The number of ether oxygens (including phenoxy) is 2. The maximum absolute atomic E-state index is 12.0. The Bertz CT molecular complexity index is 898. The minimum Gasteiger partial charge on any atom is -0.474 e. The SMILES string of the molecule is C=C(Cl)C=C(C)c1ccc(CN(CC(O)C(=O)OCOC(=O)CCC)NC(=O)C(=O)O)cc1. The Kier molecular flexibility index (Phi) is 11.8. The quantitative estimate of drug-likeness (QED) is 0.134. The Hall–Kier alpha value is -3.21. The molecule has 180 valence electrons. The number of allylic oxidation sites excluding steroid dienone is 3. The predicted octanol–water partition coefficient (Wildman–Crippen LogP) is 1.97. The third-order valence-corrected chi connectivity index (χ3v) is 4.26. The molecule has 0 bridgehead atoms. The number of nitrogens with zero attached hydrogens (tertiary/aromatic N) is 1. The average Bonchev–Trinajstić information content (AvgIpc) is 2.73. The number of carboxylic acids is 1. The van der Waals surface area contributed by atoms with E-state index in [2.05, 4.69) is 21.5 Å². The lowest BCUT2D eigenvalue weighted by Gasteiger charge is -2.24. The summed E-state index contributed by atoms with van der Waals surface area (Å²) in [6.45, 7) is 6.06. The molecule has 0 aliphatic carbocycles. The van der Waals surface area contributed by atoms with Crippen LogP contribution in [0.4, 0.5) is 0 Å². The van der Waals surface area contributed by atoms with E-state index in [1.54, 1.807) is 37.3 Å². The maximum Gasteiger partial charge on any atom is 0.395 e. The molecule has 0 spiro atoms. The molecule has 1 rings (SSSR count). The van der Waals surface area contributed by atoms with Gasteiger partial charge in [-0.05, 0) is 36.1 Å². The highest BCUT2D eigenvalue weighted by Crippen LogP contribution is 2.18. The Balaban J connectivity index is 2.82. The molecule has 3 N–H and O–H groups in total. The van der Waals surface area contributed by atoms with Crippen LogP contribution in [0.25, 0.3) is 5.57 Å². The second-order valence-electron chi connectivity index (χ2n) is 6.96. The van der Waals surface area contributed by atoms with Crippen molar-refractivity contribution in [3.63, 3.8) is 0 Å². The van der Waals surface area contributed by atoms with Crippen LogP contribution in [0.5, 0.6) is 0 Å². The van der Waals surface area contributed by atoms with Crippen molar-refractivity contribution in [3.05, 3.63) is 53.1 Å². The van der Waals surface area contributed by atoms with Crippen LogP contribution in [-0.2, 0) is 35.2 Å². The van der Waals surface area contributed by atoms with Crippen molar-refractivity contribution in [1.29, 1.82) is 0 Å². The number of carbonyl (C=O) groups is 4.